The van der Waals surface area contributed by atoms with Crippen molar-refractivity contribution in [1.29, 1.82) is 0 Å². The number of hydrogen-bond acceptors (Lipinski definition) is 3. The van der Waals surface area contributed by atoms with E-state index < -0.39 is 11.6 Å². The van der Waals surface area contributed by atoms with Gasteiger partial charge in [-0.2, -0.15) is 0 Å². The second-order valence-electron chi connectivity index (χ2n) is 7.10. The number of nitrogens with one attached hydrogen (secondary N) is 1. The largest absolute Gasteiger partial charge is 0.459 e. The van der Waals surface area contributed by atoms with Gasteiger partial charge in [0.25, 0.3) is 5.91 Å². The Morgan fingerprint density at radius 2 is 2.08 bits per heavy atom. The zero-order chi connectivity index (χ0) is 17.3. The summed E-state index contributed by atoms with van der Waals surface area (Å²) in [5.74, 6) is 0.0560. The van der Waals surface area contributed by atoms with Gasteiger partial charge in [0, 0.05) is 37.6 Å². The Hall–Kier alpha value is -2.05. The predicted molar refractivity (Wildman–Crippen MR) is 86.4 cm³/mol. The Bertz CT molecular complexity index is 604. The van der Waals surface area contributed by atoms with E-state index in [1.54, 1.807) is 21.9 Å². The Labute approximate surface area is 141 Å². The second kappa shape index (κ2) is 6.45. The number of urea groups is 1. The lowest BCUT2D eigenvalue weighted by molar-refractivity contribution is 0.0243. The first kappa shape index (κ1) is 16.8. The molecule has 0 radical (unpaired) electrons. The van der Waals surface area contributed by atoms with Crippen molar-refractivity contribution in [3.63, 3.8) is 0 Å². The van der Waals surface area contributed by atoms with E-state index in [-0.39, 0.29) is 23.7 Å². The van der Waals surface area contributed by atoms with Crippen molar-refractivity contribution >= 4 is 11.9 Å². The lowest BCUT2D eigenvalue weighted by Crippen LogP contribution is -2.56. The number of amides is 3. The highest BCUT2D eigenvalue weighted by atomic mass is 19.1. The number of halogens is 1. The SMILES string of the molecule is CC(C)NC(=O)N1CCC(F)C2(CCN(C(=O)c3ccco3)C2)C1. The molecule has 0 bridgehead atoms. The third-order valence-corrected chi connectivity index (χ3v) is 4.93. The van der Waals surface area contributed by atoms with Gasteiger partial charge in [-0.3, -0.25) is 4.79 Å². The van der Waals surface area contributed by atoms with Crippen LogP contribution in [-0.2, 0) is 0 Å². The molecule has 1 spiro atoms. The topological polar surface area (TPSA) is 65.8 Å². The van der Waals surface area contributed by atoms with E-state index >= 15 is 0 Å². The van der Waals surface area contributed by atoms with Gasteiger partial charge in [0.2, 0.25) is 0 Å². The Morgan fingerprint density at radius 3 is 2.75 bits per heavy atom. The van der Waals surface area contributed by atoms with Gasteiger partial charge in [-0.15, -0.1) is 0 Å². The van der Waals surface area contributed by atoms with E-state index in [2.05, 4.69) is 5.32 Å². The highest BCUT2D eigenvalue weighted by Crippen LogP contribution is 2.41. The summed E-state index contributed by atoms with van der Waals surface area (Å²) in [6.45, 7) is 5.35. The minimum Gasteiger partial charge on any atom is -0.459 e. The number of hydrogen-bond donors (Lipinski definition) is 1. The summed E-state index contributed by atoms with van der Waals surface area (Å²) in [4.78, 5) is 28.0. The molecule has 1 N–H and O–H groups in total. The lowest BCUT2D eigenvalue weighted by Gasteiger charge is -2.42. The molecule has 2 unspecified atom stereocenters. The van der Waals surface area contributed by atoms with Gasteiger partial charge in [-0.05, 0) is 38.8 Å². The van der Waals surface area contributed by atoms with Crippen molar-refractivity contribution in [3.05, 3.63) is 24.2 Å². The average Bonchev–Trinajstić information content (AvgIpc) is 3.19. The molecule has 1 aromatic heterocycles. The van der Waals surface area contributed by atoms with Crippen LogP contribution in [0.25, 0.3) is 0 Å². The molecular weight excluding hydrogens is 313 g/mol. The van der Waals surface area contributed by atoms with E-state index in [4.69, 9.17) is 4.42 Å². The van der Waals surface area contributed by atoms with Crippen LogP contribution in [0.3, 0.4) is 0 Å². The summed E-state index contributed by atoms with van der Waals surface area (Å²) >= 11 is 0. The van der Waals surface area contributed by atoms with E-state index in [9.17, 15) is 14.0 Å². The van der Waals surface area contributed by atoms with Gasteiger partial charge in [-0.1, -0.05) is 0 Å². The van der Waals surface area contributed by atoms with Crippen molar-refractivity contribution in [2.45, 2.75) is 38.9 Å². The maximum absolute atomic E-state index is 14.7. The fraction of sp³-hybridized carbons (Fsp3) is 0.647. The number of furan rings is 1. The number of carbonyl (C=O) groups excluding carboxylic acids is 2. The number of nitrogens with zero attached hydrogens (tertiary/aromatic N) is 2. The van der Waals surface area contributed by atoms with Crippen molar-refractivity contribution in [3.8, 4) is 0 Å². The molecule has 2 aliphatic heterocycles. The smallest absolute Gasteiger partial charge is 0.317 e. The molecule has 0 aliphatic carbocycles. The first-order valence-corrected chi connectivity index (χ1v) is 8.43. The quantitative estimate of drug-likeness (QED) is 0.900. The summed E-state index contributed by atoms with van der Waals surface area (Å²) in [5, 5.41) is 2.86. The zero-order valence-corrected chi connectivity index (χ0v) is 14.1. The first-order valence-electron chi connectivity index (χ1n) is 8.43. The minimum absolute atomic E-state index is 0.0390. The van der Waals surface area contributed by atoms with E-state index in [1.165, 1.54) is 6.26 Å². The Balaban J connectivity index is 1.70. The van der Waals surface area contributed by atoms with Gasteiger partial charge in [-0.25, -0.2) is 9.18 Å². The fourth-order valence-corrected chi connectivity index (χ4v) is 3.66. The third-order valence-electron chi connectivity index (χ3n) is 4.93. The van der Waals surface area contributed by atoms with Gasteiger partial charge < -0.3 is 19.5 Å². The van der Waals surface area contributed by atoms with Gasteiger partial charge in [0.15, 0.2) is 5.76 Å². The third kappa shape index (κ3) is 3.12. The zero-order valence-electron chi connectivity index (χ0n) is 14.1. The molecule has 0 aromatic carbocycles. The number of carbonyl (C=O) groups is 2. The minimum atomic E-state index is -1.00. The van der Waals surface area contributed by atoms with Crippen molar-refractivity contribution in [1.82, 2.24) is 15.1 Å². The van der Waals surface area contributed by atoms with Crippen molar-refractivity contribution in [2.75, 3.05) is 26.2 Å². The molecule has 0 saturated carbocycles. The van der Waals surface area contributed by atoms with Crippen LogP contribution in [0.2, 0.25) is 0 Å². The molecule has 2 fully saturated rings. The van der Waals surface area contributed by atoms with Crippen LogP contribution in [0, 0.1) is 5.41 Å². The Kier molecular flexibility index (Phi) is 4.51. The molecule has 7 heteroatoms. The number of alkyl halides is 1. The molecule has 2 atom stereocenters. The van der Waals surface area contributed by atoms with Crippen LogP contribution in [0.15, 0.2) is 22.8 Å². The Morgan fingerprint density at radius 1 is 1.33 bits per heavy atom. The summed E-state index contributed by atoms with van der Waals surface area (Å²) in [6, 6.07) is 3.16. The molecule has 3 rings (SSSR count). The molecule has 2 aliphatic rings. The van der Waals surface area contributed by atoms with Crippen LogP contribution in [0.1, 0.15) is 37.2 Å². The average molecular weight is 337 g/mol. The molecule has 132 valence electrons. The molecule has 2 saturated heterocycles. The van der Waals surface area contributed by atoms with Gasteiger partial charge in [0.1, 0.15) is 6.17 Å². The van der Waals surface area contributed by atoms with Gasteiger partial charge in [0.05, 0.1) is 6.26 Å². The second-order valence-corrected chi connectivity index (χ2v) is 7.10. The number of likely N-dealkylation sites (tertiary alicyclic amines) is 2. The number of rotatable bonds is 2. The normalized spacial score (nSPS) is 27.1. The monoisotopic (exact) mass is 337 g/mol. The number of piperidine rings is 1. The summed E-state index contributed by atoms with van der Waals surface area (Å²) in [7, 11) is 0. The van der Waals surface area contributed by atoms with E-state index in [1.807, 2.05) is 13.8 Å². The van der Waals surface area contributed by atoms with Crippen LogP contribution >= 0.6 is 0 Å². The summed E-state index contributed by atoms with van der Waals surface area (Å²) in [6.07, 6.45) is 1.32. The van der Waals surface area contributed by atoms with Crippen molar-refractivity contribution in [2.24, 2.45) is 5.41 Å². The van der Waals surface area contributed by atoms with Crippen LogP contribution in [-0.4, -0.2) is 60.1 Å². The van der Waals surface area contributed by atoms with Crippen LogP contribution < -0.4 is 5.32 Å². The van der Waals surface area contributed by atoms with Gasteiger partial charge >= 0.3 is 6.03 Å². The first-order chi connectivity index (χ1) is 11.4. The van der Waals surface area contributed by atoms with Crippen LogP contribution in [0.5, 0.6) is 0 Å². The highest BCUT2D eigenvalue weighted by Gasteiger charge is 2.50. The highest BCUT2D eigenvalue weighted by molar-refractivity contribution is 5.91. The summed E-state index contributed by atoms with van der Waals surface area (Å²) in [5.41, 5.74) is -0.672. The maximum Gasteiger partial charge on any atom is 0.317 e. The fourth-order valence-electron chi connectivity index (χ4n) is 3.66. The predicted octanol–water partition coefficient (Wildman–Crippen LogP) is 2.27. The molecule has 6 nitrogen and oxygen atoms in total. The molecule has 3 amide bonds. The molecular formula is C17H24FN3O3. The van der Waals surface area contributed by atoms with Crippen LogP contribution in [0.4, 0.5) is 9.18 Å². The summed E-state index contributed by atoms with van der Waals surface area (Å²) < 4.78 is 19.9. The molecule has 1 aromatic rings. The lowest BCUT2D eigenvalue weighted by atomic mass is 9.77. The van der Waals surface area contributed by atoms with E-state index in [0.29, 0.717) is 39.0 Å². The van der Waals surface area contributed by atoms with Crippen molar-refractivity contribution < 1.29 is 18.4 Å². The molecule has 3 heterocycles. The van der Waals surface area contributed by atoms with E-state index in [0.717, 1.165) is 0 Å². The molecule has 24 heavy (non-hydrogen) atoms. The standard InChI is InChI=1S/C17H24FN3O3/c1-12(2)19-16(23)21-7-5-14(18)17(11-21)6-8-20(10-17)15(22)13-4-3-9-24-13/h3-4,9,12,14H,5-8,10-11H2,1-2H3,(H,19,23). The maximum atomic E-state index is 14.7.